The van der Waals surface area contributed by atoms with Gasteiger partial charge in [0.05, 0.1) is 6.54 Å². The number of carbonyl (C=O) groups is 1. The standard InChI is InChI=1S/C22H33FN4O/c1-26(14-16-6-2-3-7-19(16)23)15-22(28)25-13-21-18-10-17(11-24-12-18)20-8-4-5-9-27(20)21/h2-3,6-7,17-18,20-21,24H,4-5,8-15H2,1H3,(H,25,28)/t17-,18+,20+,21+/m1/s1. The van der Waals surface area contributed by atoms with E-state index in [1.807, 2.05) is 18.0 Å². The van der Waals surface area contributed by atoms with Crippen LogP contribution in [0.25, 0.3) is 0 Å². The molecule has 3 fully saturated rings. The van der Waals surface area contributed by atoms with Crippen LogP contribution in [-0.2, 0) is 11.3 Å². The number of nitrogens with one attached hydrogen (secondary N) is 2. The van der Waals surface area contributed by atoms with Gasteiger partial charge < -0.3 is 10.6 Å². The average molecular weight is 389 g/mol. The topological polar surface area (TPSA) is 47.6 Å². The summed E-state index contributed by atoms with van der Waals surface area (Å²) in [7, 11) is 1.86. The van der Waals surface area contributed by atoms with Crippen molar-refractivity contribution in [3.63, 3.8) is 0 Å². The first-order valence-electron chi connectivity index (χ1n) is 10.8. The molecule has 1 aromatic carbocycles. The van der Waals surface area contributed by atoms with E-state index >= 15 is 0 Å². The number of benzene rings is 1. The first kappa shape index (κ1) is 19.8. The molecule has 1 amide bonds. The molecule has 4 atom stereocenters. The second kappa shape index (κ2) is 8.89. The highest BCUT2D eigenvalue weighted by molar-refractivity contribution is 5.78. The first-order chi connectivity index (χ1) is 13.6. The Morgan fingerprint density at radius 1 is 1.29 bits per heavy atom. The summed E-state index contributed by atoms with van der Waals surface area (Å²) < 4.78 is 13.8. The van der Waals surface area contributed by atoms with Gasteiger partial charge in [-0.1, -0.05) is 24.6 Å². The van der Waals surface area contributed by atoms with Crippen molar-refractivity contribution in [3.8, 4) is 0 Å². The fourth-order valence-electron chi connectivity index (χ4n) is 5.54. The van der Waals surface area contributed by atoms with Crippen molar-refractivity contribution in [2.75, 3.05) is 39.8 Å². The minimum Gasteiger partial charge on any atom is -0.353 e. The van der Waals surface area contributed by atoms with Crippen LogP contribution in [0, 0.1) is 17.7 Å². The number of rotatable bonds is 6. The molecule has 0 radical (unpaired) electrons. The van der Waals surface area contributed by atoms with E-state index in [0.717, 1.165) is 25.6 Å². The van der Waals surface area contributed by atoms with E-state index in [-0.39, 0.29) is 18.3 Å². The van der Waals surface area contributed by atoms with E-state index in [2.05, 4.69) is 15.5 Å². The Bertz CT molecular complexity index is 684. The van der Waals surface area contributed by atoms with Gasteiger partial charge >= 0.3 is 0 Å². The minimum atomic E-state index is -0.215. The number of piperidine rings is 3. The van der Waals surface area contributed by atoms with Crippen LogP contribution in [0.2, 0.25) is 0 Å². The van der Waals surface area contributed by atoms with Crippen LogP contribution in [0.3, 0.4) is 0 Å². The Kier molecular flexibility index (Phi) is 6.28. The number of carbonyl (C=O) groups excluding carboxylic acids is 1. The SMILES string of the molecule is CN(CC(=O)NC[C@H]1[C@@H]2CNC[C@@H](C2)[C@@H]2CCCCN21)Cc1ccccc1F. The second-order valence-corrected chi connectivity index (χ2v) is 8.85. The van der Waals surface area contributed by atoms with E-state index in [4.69, 9.17) is 0 Å². The van der Waals surface area contributed by atoms with Crippen LogP contribution in [0.15, 0.2) is 24.3 Å². The smallest absolute Gasteiger partial charge is 0.234 e. The molecule has 4 rings (SSSR count). The van der Waals surface area contributed by atoms with Crippen LogP contribution in [-0.4, -0.2) is 67.6 Å². The van der Waals surface area contributed by atoms with E-state index < -0.39 is 0 Å². The van der Waals surface area contributed by atoms with Crippen LogP contribution < -0.4 is 10.6 Å². The summed E-state index contributed by atoms with van der Waals surface area (Å²) in [5.74, 6) is 1.22. The maximum atomic E-state index is 13.8. The van der Waals surface area contributed by atoms with Gasteiger partial charge in [-0.3, -0.25) is 14.6 Å². The summed E-state index contributed by atoms with van der Waals surface area (Å²) in [6, 6.07) is 7.88. The van der Waals surface area contributed by atoms with Gasteiger partial charge in [0, 0.05) is 30.7 Å². The lowest BCUT2D eigenvalue weighted by atomic mass is 9.73. The highest BCUT2D eigenvalue weighted by Gasteiger charge is 2.45. The van der Waals surface area contributed by atoms with Gasteiger partial charge in [-0.25, -0.2) is 4.39 Å². The van der Waals surface area contributed by atoms with Crippen LogP contribution in [0.5, 0.6) is 0 Å². The Balaban J connectivity index is 1.30. The van der Waals surface area contributed by atoms with Gasteiger partial charge in [0.15, 0.2) is 0 Å². The van der Waals surface area contributed by atoms with Gasteiger partial charge in [-0.2, -0.15) is 0 Å². The molecule has 3 aliphatic heterocycles. The summed E-state index contributed by atoms with van der Waals surface area (Å²) in [5.41, 5.74) is 0.626. The molecule has 0 aromatic heterocycles. The molecule has 154 valence electrons. The van der Waals surface area contributed by atoms with Gasteiger partial charge in [-0.05, 0) is 63.8 Å². The number of nitrogens with zero attached hydrogens (tertiary/aromatic N) is 2. The zero-order valence-corrected chi connectivity index (χ0v) is 16.9. The van der Waals surface area contributed by atoms with Crippen molar-refractivity contribution in [2.24, 2.45) is 11.8 Å². The molecule has 3 saturated heterocycles. The molecule has 0 unspecified atom stereocenters. The maximum absolute atomic E-state index is 13.8. The monoisotopic (exact) mass is 388 g/mol. The van der Waals surface area contributed by atoms with Gasteiger partial charge in [0.25, 0.3) is 0 Å². The summed E-state index contributed by atoms with van der Waals surface area (Å²) in [6.07, 6.45) is 5.21. The highest BCUT2D eigenvalue weighted by Crippen LogP contribution is 2.38. The Morgan fingerprint density at radius 2 is 2.11 bits per heavy atom. The van der Waals surface area contributed by atoms with E-state index in [1.165, 1.54) is 38.3 Å². The Labute approximate surface area is 167 Å². The fraction of sp³-hybridized carbons (Fsp3) is 0.682. The maximum Gasteiger partial charge on any atom is 0.234 e. The van der Waals surface area contributed by atoms with Crippen molar-refractivity contribution in [1.82, 2.24) is 20.4 Å². The third kappa shape index (κ3) is 4.39. The van der Waals surface area contributed by atoms with Crippen molar-refractivity contribution < 1.29 is 9.18 Å². The molecule has 2 bridgehead atoms. The van der Waals surface area contributed by atoms with E-state index in [0.29, 0.717) is 30.1 Å². The molecule has 6 heteroatoms. The second-order valence-electron chi connectivity index (χ2n) is 8.85. The summed E-state index contributed by atoms with van der Waals surface area (Å²) >= 11 is 0. The number of fused-ring (bicyclic) bond motifs is 4. The molecular weight excluding hydrogens is 355 g/mol. The molecular formula is C22H33FN4O. The van der Waals surface area contributed by atoms with Crippen LogP contribution in [0.1, 0.15) is 31.2 Å². The van der Waals surface area contributed by atoms with Crippen molar-refractivity contribution >= 4 is 5.91 Å². The quantitative estimate of drug-likeness (QED) is 0.781. The summed E-state index contributed by atoms with van der Waals surface area (Å²) in [5, 5.41) is 6.80. The molecule has 0 spiro atoms. The lowest BCUT2D eigenvalue weighted by Gasteiger charge is -2.55. The number of amides is 1. The third-order valence-corrected chi connectivity index (χ3v) is 6.85. The average Bonchev–Trinajstić information content (AvgIpc) is 2.70. The van der Waals surface area contributed by atoms with Gasteiger partial charge in [0.2, 0.25) is 5.91 Å². The highest BCUT2D eigenvalue weighted by atomic mass is 19.1. The number of likely N-dealkylation sites (N-methyl/N-ethyl adjacent to an activating group) is 1. The molecule has 3 aliphatic rings. The van der Waals surface area contributed by atoms with Crippen LogP contribution >= 0.6 is 0 Å². The zero-order valence-electron chi connectivity index (χ0n) is 16.9. The molecule has 28 heavy (non-hydrogen) atoms. The summed E-state index contributed by atoms with van der Waals surface area (Å²) in [6.45, 7) is 4.83. The van der Waals surface area contributed by atoms with Gasteiger partial charge in [0.1, 0.15) is 5.82 Å². The molecule has 0 saturated carbocycles. The minimum absolute atomic E-state index is 0.0262. The first-order valence-corrected chi connectivity index (χ1v) is 10.8. The zero-order chi connectivity index (χ0) is 19.5. The molecule has 0 aliphatic carbocycles. The molecule has 3 heterocycles. The molecule has 5 nitrogen and oxygen atoms in total. The van der Waals surface area contributed by atoms with Crippen LogP contribution in [0.4, 0.5) is 4.39 Å². The van der Waals surface area contributed by atoms with Crippen molar-refractivity contribution in [3.05, 3.63) is 35.6 Å². The predicted molar refractivity (Wildman–Crippen MR) is 108 cm³/mol. The lowest BCUT2D eigenvalue weighted by molar-refractivity contribution is -0.123. The van der Waals surface area contributed by atoms with E-state index in [9.17, 15) is 9.18 Å². The van der Waals surface area contributed by atoms with Gasteiger partial charge in [-0.15, -0.1) is 0 Å². The Hall–Kier alpha value is -1.50. The largest absolute Gasteiger partial charge is 0.353 e. The number of hydrogen-bond donors (Lipinski definition) is 2. The fourth-order valence-corrected chi connectivity index (χ4v) is 5.54. The normalized spacial score (nSPS) is 30.1. The molecule has 1 aromatic rings. The third-order valence-electron chi connectivity index (χ3n) is 6.85. The lowest BCUT2D eigenvalue weighted by Crippen LogP contribution is -2.65. The predicted octanol–water partition coefficient (Wildman–Crippen LogP) is 1.84. The molecule has 2 N–H and O–H groups in total. The van der Waals surface area contributed by atoms with Crippen molar-refractivity contribution in [1.29, 1.82) is 0 Å². The summed E-state index contributed by atoms with van der Waals surface area (Å²) in [4.78, 5) is 17.1. The number of hydrogen-bond acceptors (Lipinski definition) is 4. The Morgan fingerprint density at radius 3 is 2.96 bits per heavy atom. The van der Waals surface area contributed by atoms with E-state index in [1.54, 1.807) is 12.1 Å². The van der Waals surface area contributed by atoms with Crippen molar-refractivity contribution in [2.45, 2.75) is 44.3 Å². The number of halogens is 1.